The molecular formula is C14H17N5. The van der Waals surface area contributed by atoms with Crippen molar-refractivity contribution in [1.82, 2.24) is 15.0 Å². The van der Waals surface area contributed by atoms with Crippen LogP contribution in [-0.4, -0.2) is 21.0 Å². The third kappa shape index (κ3) is 1.99. The number of nitrogens with two attached hydrogens (primary N) is 1. The van der Waals surface area contributed by atoms with Crippen LogP contribution < -0.4 is 11.1 Å². The molecule has 2 fully saturated rings. The lowest BCUT2D eigenvalue weighted by Crippen LogP contribution is -2.27. The number of nitrogens with one attached hydrogen (secondary N) is 1. The molecule has 0 radical (unpaired) electrons. The van der Waals surface area contributed by atoms with Crippen LogP contribution >= 0.6 is 0 Å². The average molecular weight is 255 g/mol. The van der Waals surface area contributed by atoms with Gasteiger partial charge >= 0.3 is 0 Å². The van der Waals surface area contributed by atoms with Crippen LogP contribution in [0.5, 0.6) is 0 Å². The van der Waals surface area contributed by atoms with Crippen LogP contribution in [0.2, 0.25) is 0 Å². The molecule has 5 nitrogen and oxygen atoms in total. The number of nitrogens with zero attached hydrogens (tertiary/aromatic N) is 3. The maximum absolute atomic E-state index is 5.81. The van der Waals surface area contributed by atoms with Crippen molar-refractivity contribution in [2.75, 3.05) is 11.1 Å². The van der Waals surface area contributed by atoms with Gasteiger partial charge in [-0.2, -0.15) is 4.98 Å². The van der Waals surface area contributed by atoms with Gasteiger partial charge in [-0.1, -0.05) is 0 Å². The Morgan fingerprint density at radius 1 is 1.16 bits per heavy atom. The smallest absolute Gasteiger partial charge is 0.222 e. The number of nitrogen functional groups attached to an aromatic ring is 1. The fourth-order valence-electron chi connectivity index (χ4n) is 2.54. The van der Waals surface area contributed by atoms with Crippen molar-refractivity contribution in [2.24, 2.45) is 0 Å². The highest BCUT2D eigenvalue weighted by Crippen LogP contribution is 2.40. The summed E-state index contributed by atoms with van der Waals surface area (Å²) in [7, 11) is 0. The molecule has 0 saturated heterocycles. The zero-order chi connectivity index (χ0) is 12.8. The van der Waals surface area contributed by atoms with Gasteiger partial charge in [-0.15, -0.1) is 0 Å². The summed E-state index contributed by atoms with van der Waals surface area (Å²) in [6.45, 7) is 0. The van der Waals surface area contributed by atoms with E-state index in [2.05, 4.69) is 26.3 Å². The van der Waals surface area contributed by atoms with Crippen molar-refractivity contribution in [1.29, 1.82) is 0 Å². The third-order valence-electron chi connectivity index (χ3n) is 4.07. The van der Waals surface area contributed by atoms with E-state index in [1.165, 1.54) is 37.7 Å². The van der Waals surface area contributed by atoms with E-state index >= 15 is 0 Å². The molecule has 2 aliphatic carbocycles. The summed E-state index contributed by atoms with van der Waals surface area (Å²) in [5.74, 6) is 1.79. The molecule has 0 aliphatic heterocycles. The second-order valence-electron chi connectivity index (χ2n) is 5.61. The summed E-state index contributed by atoms with van der Waals surface area (Å²) >= 11 is 0. The zero-order valence-corrected chi connectivity index (χ0v) is 10.8. The van der Waals surface area contributed by atoms with E-state index in [0.29, 0.717) is 17.9 Å². The molecule has 19 heavy (non-hydrogen) atoms. The molecule has 98 valence electrons. The second-order valence-corrected chi connectivity index (χ2v) is 5.61. The van der Waals surface area contributed by atoms with Gasteiger partial charge in [-0.25, -0.2) is 4.98 Å². The molecule has 2 aromatic heterocycles. The average Bonchev–Trinajstić information content (AvgIpc) is 3.16. The highest BCUT2D eigenvalue weighted by molar-refractivity contribution is 5.86. The maximum Gasteiger partial charge on any atom is 0.222 e. The molecule has 4 rings (SSSR count). The van der Waals surface area contributed by atoms with E-state index in [0.717, 1.165) is 16.9 Å². The summed E-state index contributed by atoms with van der Waals surface area (Å²) in [6.07, 6.45) is 8.18. The van der Waals surface area contributed by atoms with Crippen LogP contribution in [0.4, 0.5) is 11.8 Å². The van der Waals surface area contributed by atoms with Crippen molar-refractivity contribution in [3.63, 3.8) is 0 Å². The number of anilines is 2. The van der Waals surface area contributed by atoms with E-state index in [-0.39, 0.29) is 0 Å². The van der Waals surface area contributed by atoms with Crippen molar-refractivity contribution in [2.45, 2.75) is 44.1 Å². The first-order chi connectivity index (χ1) is 9.29. The first-order valence-electron chi connectivity index (χ1n) is 6.99. The van der Waals surface area contributed by atoms with Crippen molar-refractivity contribution in [3.05, 3.63) is 17.8 Å². The molecule has 0 spiro atoms. The standard InChI is InChI=1S/C14H17N5/c15-14-18-11-6-9(8-4-5-8)7-16-12(11)13(19-14)17-10-2-1-3-10/h6-8,10H,1-5H2,(H3,15,17,18,19). The number of pyridine rings is 1. The van der Waals surface area contributed by atoms with E-state index in [1.807, 2.05) is 6.20 Å². The first-order valence-corrected chi connectivity index (χ1v) is 6.99. The number of hydrogen-bond donors (Lipinski definition) is 2. The summed E-state index contributed by atoms with van der Waals surface area (Å²) in [6, 6.07) is 2.63. The van der Waals surface area contributed by atoms with Crippen molar-refractivity contribution >= 4 is 22.8 Å². The monoisotopic (exact) mass is 255 g/mol. The van der Waals surface area contributed by atoms with Gasteiger partial charge in [0, 0.05) is 12.2 Å². The Balaban J connectivity index is 1.77. The Hall–Kier alpha value is -1.91. The molecular weight excluding hydrogens is 238 g/mol. The molecule has 2 heterocycles. The Morgan fingerprint density at radius 3 is 2.68 bits per heavy atom. The van der Waals surface area contributed by atoms with Crippen molar-refractivity contribution < 1.29 is 0 Å². The minimum absolute atomic E-state index is 0.323. The number of aromatic nitrogens is 3. The molecule has 0 amide bonds. The summed E-state index contributed by atoms with van der Waals surface area (Å²) in [4.78, 5) is 13.2. The number of hydrogen-bond acceptors (Lipinski definition) is 5. The first kappa shape index (κ1) is 11.0. The lowest BCUT2D eigenvalue weighted by atomic mass is 9.93. The predicted molar refractivity (Wildman–Crippen MR) is 75.0 cm³/mol. The Labute approximate surface area is 111 Å². The topological polar surface area (TPSA) is 76.7 Å². The minimum Gasteiger partial charge on any atom is -0.368 e. The van der Waals surface area contributed by atoms with Crippen molar-refractivity contribution in [3.8, 4) is 0 Å². The fourth-order valence-corrected chi connectivity index (χ4v) is 2.54. The van der Waals surface area contributed by atoms with Crippen LogP contribution in [0.25, 0.3) is 11.0 Å². The fraction of sp³-hybridized carbons (Fsp3) is 0.500. The van der Waals surface area contributed by atoms with Gasteiger partial charge in [-0.05, 0) is 49.7 Å². The van der Waals surface area contributed by atoms with Gasteiger partial charge in [0.2, 0.25) is 5.95 Å². The normalized spacial score (nSPS) is 19.4. The largest absolute Gasteiger partial charge is 0.368 e. The Bertz CT molecular complexity index is 631. The molecule has 2 saturated carbocycles. The molecule has 0 unspecified atom stereocenters. The van der Waals surface area contributed by atoms with Crippen LogP contribution in [0, 0.1) is 0 Å². The Kier molecular flexibility index (Phi) is 2.33. The summed E-state index contributed by atoms with van der Waals surface area (Å²) in [5.41, 5.74) is 8.79. The SMILES string of the molecule is Nc1nc(NC2CCC2)c2ncc(C3CC3)cc2n1. The highest BCUT2D eigenvalue weighted by Gasteiger charge is 2.25. The van der Waals surface area contributed by atoms with Crippen LogP contribution in [0.3, 0.4) is 0 Å². The minimum atomic E-state index is 0.323. The summed E-state index contributed by atoms with van der Waals surface area (Å²) in [5, 5.41) is 3.43. The molecule has 2 aliphatic rings. The number of fused-ring (bicyclic) bond motifs is 1. The van der Waals surface area contributed by atoms with E-state index in [9.17, 15) is 0 Å². The highest BCUT2D eigenvalue weighted by atomic mass is 15.1. The van der Waals surface area contributed by atoms with Gasteiger partial charge < -0.3 is 11.1 Å². The summed E-state index contributed by atoms with van der Waals surface area (Å²) < 4.78 is 0. The van der Waals surface area contributed by atoms with Gasteiger partial charge in [0.1, 0.15) is 5.52 Å². The lowest BCUT2D eigenvalue weighted by molar-refractivity contribution is 0.445. The second kappa shape index (κ2) is 4.05. The quantitative estimate of drug-likeness (QED) is 0.881. The number of rotatable bonds is 3. The molecule has 0 atom stereocenters. The van der Waals surface area contributed by atoms with Gasteiger partial charge in [-0.3, -0.25) is 4.98 Å². The van der Waals surface area contributed by atoms with Crippen LogP contribution in [0.15, 0.2) is 12.3 Å². The zero-order valence-electron chi connectivity index (χ0n) is 10.8. The van der Waals surface area contributed by atoms with Gasteiger partial charge in [0.05, 0.1) is 5.52 Å². The van der Waals surface area contributed by atoms with Crippen LogP contribution in [-0.2, 0) is 0 Å². The third-order valence-corrected chi connectivity index (χ3v) is 4.07. The van der Waals surface area contributed by atoms with Gasteiger partial charge in [0.25, 0.3) is 0 Å². The van der Waals surface area contributed by atoms with Gasteiger partial charge in [0.15, 0.2) is 5.82 Å². The molecule has 3 N–H and O–H groups in total. The Morgan fingerprint density at radius 2 is 2.00 bits per heavy atom. The molecule has 0 bridgehead atoms. The predicted octanol–water partition coefficient (Wildman–Crippen LogP) is 2.45. The van der Waals surface area contributed by atoms with Crippen LogP contribution in [0.1, 0.15) is 43.6 Å². The maximum atomic E-state index is 5.81. The molecule has 2 aromatic rings. The van der Waals surface area contributed by atoms with E-state index in [1.54, 1.807) is 0 Å². The lowest BCUT2D eigenvalue weighted by Gasteiger charge is -2.27. The van der Waals surface area contributed by atoms with E-state index < -0.39 is 0 Å². The molecule has 0 aromatic carbocycles. The van der Waals surface area contributed by atoms with E-state index in [4.69, 9.17) is 5.73 Å². The molecule has 5 heteroatoms.